The van der Waals surface area contributed by atoms with Crippen LogP contribution >= 0.6 is 0 Å². The number of nitrogens with zero attached hydrogens (tertiary/aromatic N) is 1. The summed E-state index contributed by atoms with van der Waals surface area (Å²) in [6, 6.07) is 0. The van der Waals surface area contributed by atoms with E-state index < -0.39 is 0 Å². The van der Waals surface area contributed by atoms with Gasteiger partial charge in [0, 0.05) is 12.4 Å². The lowest BCUT2D eigenvalue weighted by Gasteiger charge is -1.92. The van der Waals surface area contributed by atoms with Crippen molar-refractivity contribution in [3.63, 3.8) is 0 Å². The molecule has 0 N–H and O–H groups in total. The first-order valence-electron chi connectivity index (χ1n) is 3.83. The highest BCUT2D eigenvalue weighted by atomic mass is 14.6. The van der Waals surface area contributed by atoms with Crippen LogP contribution in [0.5, 0.6) is 0 Å². The Bertz CT molecular complexity index is 350. The number of pyridine rings is 1. The van der Waals surface area contributed by atoms with Gasteiger partial charge in [-0.05, 0) is 36.8 Å². The topological polar surface area (TPSA) is 12.9 Å². The second kappa shape index (κ2) is 3.33. The second-order valence-electron chi connectivity index (χ2n) is 2.54. The van der Waals surface area contributed by atoms with Gasteiger partial charge in [-0.15, -0.1) is 0 Å². The molecule has 0 saturated carbocycles. The van der Waals surface area contributed by atoms with E-state index in [2.05, 4.69) is 31.0 Å². The molecule has 0 aliphatic carbocycles. The van der Waals surface area contributed by atoms with Crippen LogP contribution in [0.15, 0.2) is 12.4 Å². The molecule has 0 unspecified atom stereocenters. The van der Waals surface area contributed by atoms with E-state index in [0.717, 1.165) is 0 Å². The fourth-order valence-electron chi connectivity index (χ4n) is 1.22. The molecule has 1 aromatic heterocycles. The summed E-state index contributed by atoms with van der Waals surface area (Å²) in [5, 5.41) is 2.51. The van der Waals surface area contributed by atoms with E-state index in [1.165, 1.54) is 16.0 Å². The van der Waals surface area contributed by atoms with Gasteiger partial charge in [0.25, 0.3) is 0 Å². The molecule has 1 nitrogen and oxygen atoms in total. The highest BCUT2D eigenvalue weighted by Crippen LogP contribution is 1.78. The average molecular weight is 147 g/mol. The Labute approximate surface area is 67.1 Å². The number of rotatable bonds is 0. The van der Waals surface area contributed by atoms with Crippen LogP contribution < -0.4 is 10.4 Å². The molecule has 0 aromatic carbocycles. The Morgan fingerprint density at radius 3 is 2.36 bits per heavy atom. The van der Waals surface area contributed by atoms with Crippen molar-refractivity contribution in [2.75, 3.05) is 0 Å². The SMILES string of the molecule is C/C=c1/c(C)cnc/c1=C/C. The van der Waals surface area contributed by atoms with E-state index in [4.69, 9.17) is 0 Å². The second-order valence-corrected chi connectivity index (χ2v) is 2.54. The normalized spacial score (nSPS) is 14.1. The van der Waals surface area contributed by atoms with Crippen molar-refractivity contribution in [2.24, 2.45) is 0 Å². The predicted octanol–water partition coefficient (Wildman–Crippen LogP) is 0.991. The Morgan fingerprint density at radius 2 is 1.91 bits per heavy atom. The molecule has 0 fully saturated rings. The van der Waals surface area contributed by atoms with Gasteiger partial charge in [-0.1, -0.05) is 12.2 Å². The first kappa shape index (κ1) is 7.99. The van der Waals surface area contributed by atoms with Gasteiger partial charge in [0.2, 0.25) is 0 Å². The lowest BCUT2D eigenvalue weighted by Crippen LogP contribution is -2.27. The fourth-order valence-corrected chi connectivity index (χ4v) is 1.22. The molecule has 1 rings (SSSR count). The monoisotopic (exact) mass is 147 g/mol. The van der Waals surface area contributed by atoms with Crippen LogP contribution in [0.2, 0.25) is 0 Å². The first-order valence-corrected chi connectivity index (χ1v) is 3.83. The largest absolute Gasteiger partial charge is 0.264 e. The summed E-state index contributed by atoms with van der Waals surface area (Å²) >= 11 is 0. The molecular weight excluding hydrogens is 134 g/mol. The third kappa shape index (κ3) is 1.48. The van der Waals surface area contributed by atoms with Crippen LogP contribution in [0, 0.1) is 6.92 Å². The Morgan fingerprint density at radius 1 is 1.18 bits per heavy atom. The molecule has 1 heteroatoms. The summed E-state index contributed by atoms with van der Waals surface area (Å²) < 4.78 is 0. The van der Waals surface area contributed by atoms with Crippen LogP contribution in [0.3, 0.4) is 0 Å². The van der Waals surface area contributed by atoms with Gasteiger partial charge in [0.1, 0.15) is 0 Å². The van der Waals surface area contributed by atoms with Gasteiger partial charge in [0.05, 0.1) is 0 Å². The number of hydrogen-bond acceptors (Lipinski definition) is 1. The molecule has 0 aliphatic rings. The van der Waals surface area contributed by atoms with Gasteiger partial charge in [-0.25, -0.2) is 0 Å². The molecule has 1 aromatic rings. The summed E-state index contributed by atoms with van der Waals surface area (Å²) in [5.74, 6) is 0. The van der Waals surface area contributed by atoms with Gasteiger partial charge in [-0.3, -0.25) is 4.98 Å². The number of aromatic nitrogens is 1. The van der Waals surface area contributed by atoms with Gasteiger partial charge >= 0.3 is 0 Å². The molecule has 58 valence electrons. The van der Waals surface area contributed by atoms with E-state index in [-0.39, 0.29) is 0 Å². The summed E-state index contributed by atoms with van der Waals surface area (Å²) in [7, 11) is 0. The van der Waals surface area contributed by atoms with Gasteiger partial charge in [-0.2, -0.15) is 0 Å². The van der Waals surface area contributed by atoms with E-state index in [1.807, 2.05) is 19.3 Å². The summed E-state index contributed by atoms with van der Waals surface area (Å²) in [6.45, 7) is 6.16. The molecule has 0 amide bonds. The average Bonchev–Trinajstić information content (AvgIpc) is 2.04. The zero-order valence-electron chi connectivity index (χ0n) is 7.26. The van der Waals surface area contributed by atoms with Crippen molar-refractivity contribution < 1.29 is 0 Å². The smallest absolute Gasteiger partial charge is 0.0343 e. The van der Waals surface area contributed by atoms with Crippen molar-refractivity contribution in [2.45, 2.75) is 20.8 Å². The van der Waals surface area contributed by atoms with Crippen molar-refractivity contribution in [3.05, 3.63) is 28.4 Å². The Balaban J connectivity index is 3.65. The van der Waals surface area contributed by atoms with Gasteiger partial charge < -0.3 is 0 Å². The Kier molecular flexibility index (Phi) is 2.42. The summed E-state index contributed by atoms with van der Waals surface area (Å²) in [6.07, 6.45) is 7.98. The summed E-state index contributed by atoms with van der Waals surface area (Å²) in [5.41, 5.74) is 1.24. The standard InChI is InChI=1S/C10H13N/c1-4-9-7-11-6-8(3)10(9)5-2/h4-7H,1-3H3/b9-4-,10-5-. The minimum absolute atomic E-state index is 1.22. The lowest BCUT2D eigenvalue weighted by atomic mass is 10.2. The minimum atomic E-state index is 1.22. The van der Waals surface area contributed by atoms with Crippen LogP contribution in [-0.4, -0.2) is 4.98 Å². The van der Waals surface area contributed by atoms with Crippen molar-refractivity contribution in [1.82, 2.24) is 4.98 Å². The van der Waals surface area contributed by atoms with Crippen LogP contribution in [0.25, 0.3) is 12.2 Å². The predicted molar refractivity (Wildman–Crippen MR) is 48.5 cm³/mol. The zero-order valence-corrected chi connectivity index (χ0v) is 7.26. The van der Waals surface area contributed by atoms with E-state index >= 15 is 0 Å². The molecule has 0 saturated heterocycles. The van der Waals surface area contributed by atoms with Crippen molar-refractivity contribution in [1.29, 1.82) is 0 Å². The van der Waals surface area contributed by atoms with Crippen LogP contribution in [0.4, 0.5) is 0 Å². The van der Waals surface area contributed by atoms with E-state index in [0.29, 0.717) is 0 Å². The molecule has 11 heavy (non-hydrogen) atoms. The Hall–Kier alpha value is -1.11. The lowest BCUT2D eigenvalue weighted by molar-refractivity contribution is 1.21. The van der Waals surface area contributed by atoms with Crippen LogP contribution in [-0.2, 0) is 0 Å². The molecular formula is C10H13N. The number of aryl methyl sites for hydroxylation is 1. The van der Waals surface area contributed by atoms with E-state index in [1.54, 1.807) is 0 Å². The molecule has 0 aliphatic heterocycles. The zero-order chi connectivity index (χ0) is 8.27. The molecule has 0 spiro atoms. The molecule has 1 heterocycles. The quantitative estimate of drug-likeness (QED) is 0.533. The van der Waals surface area contributed by atoms with Crippen LogP contribution in [0.1, 0.15) is 19.4 Å². The summed E-state index contributed by atoms with van der Waals surface area (Å²) in [4.78, 5) is 4.11. The molecule has 0 atom stereocenters. The first-order chi connectivity index (χ1) is 5.29. The minimum Gasteiger partial charge on any atom is -0.264 e. The maximum absolute atomic E-state index is 4.11. The maximum atomic E-state index is 4.11. The van der Waals surface area contributed by atoms with Crippen molar-refractivity contribution >= 4 is 12.2 Å². The fraction of sp³-hybridized carbons (Fsp3) is 0.300. The third-order valence-electron chi connectivity index (χ3n) is 1.82. The highest BCUT2D eigenvalue weighted by molar-refractivity contribution is 5.30. The molecule has 0 radical (unpaired) electrons. The number of hydrogen-bond donors (Lipinski definition) is 0. The van der Waals surface area contributed by atoms with Crippen molar-refractivity contribution in [3.8, 4) is 0 Å². The highest BCUT2D eigenvalue weighted by Gasteiger charge is 1.87. The maximum Gasteiger partial charge on any atom is 0.0343 e. The third-order valence-corrected chi connectivity index (χ3v) is 1.82. The van der Waals surface area contributed by atoms with E-state index in [9.17, 15) is 0 Å². The van der Waals surface area contributed by atoms with Gasteiger partial charge in [0.15, 0.2) is 0 Å². The molecule has 0 bridgehead atoms.